The van der Waals surface area contributed by atoms with Crippen molar-refractivity contribution >= 4 is 11.9 Å². The molecule has 136 valence electrons. The topological polar surface area (TPSA) is 66.0 Å². The summed E-state index contributed by atoms with van der Waals surface area (Å²) in [5, 5.41) is 6.34. The molecule has 0 aromatic heterocycles. The first-order valence-corrected chi connectivity index (χ1v) is 8.62. The van der Waals surface area contributed by atoms with Gasteiger partial charge in [0, 0.05) is 38.8 Å². The lowest BCUT2D eigenvalue weighted by atomic mass is 10.1. The van der Waals surface area contributed by atoms with Crippen molar-refractivity contribution in [2.45, 2.75) is 32.6 Å². The van der Waals surface area contributed by atoms with Crippen LogP contribution >= 0.6 is 0 Å². The molecule has 1 aliphatic rings. The molecule has 1 amide bonds. The van der Waals surface area contributed by atoms with Gasteiger partial charge in [-0.3, -0.25) is 9.79 Å². The summed E-state index contributed by atoms with van der Waals surface area (Å²) in [6.07, 6.45) is 1.93. The van der Waals surface area contributed by atoms with E-state index in [0.29, 0.717) is 31.7 Å². The Morgan fingerprint density at radius 2 is 1.92 bits per heavy atom. The predicted molar refractivity (Wildman–Crippen MR) is 101 cm³/mol. The van der Waals surface area contributed by atoms with Crippen molar-refractivity contribution in [3.8, 4) is 0 Å². The third-order valence-electron chi connectivity index (χ3n) is 4.01. The number of carbonyl (C=O) groups excluding carboxylic acids is 1. The molecule has 2 N–H and O–H groups in total. The van der Waals surface area contributed by atoms with Crippen molar-refractivity contribution < 1.29 is 9.53 Å². The number of ether oxygens (including phenoxy) is 1. The average molecular weight is 344 g/mol. The molecule has 2 unspecified atom stereocenters. The highest BCUT2D eigenvalue weighted by Gasteiger charge is 2.26. The van der Waals surface area contributed by atoms with Gasteiger partial charge in [0.15, 0.2) is 5.96 Å². The standard InChI is InChI=1S/C19H28N4O2/c1-5-10-21-19(20-4)22-11-16-6-8-17(9-7-16)18(24)23-12-14(2)25-15(3)13-23/h5-9,14-15H,1,10-13H2,2-4H3,(H2,20,21,22). The van der Waals surface area contributed by atoms with Crippen molar-refractivity contribution in [3.63, 3.8) is 0 Å². The number of guanidine groups is 1. The van der Waals surface area contributed by atoms with Gasteiger partial charge in [0.2, 0.25) is 0 Å². The van der Waals surface area contributed by atoms with Crippen LogP contribution in [0.25, 0.3) is 0 Å². The normalized spacial score (nSPS) is 20.9. The second-order valence-corrected chi connectivity index (χ2v) is 6.26. The van der Waals surface area contributed by atoms with Gasteiger partial charge in [-0.05, 0) is 31.5 Å². The number of hydrogen-bond donors (Lipinski definition) is 2. The second-order valence-electron chi connectivity index (χ2n) is 6.26. The molecule has 2 rings (SSSR count). The largest absolute Gasteiger partial charge is 0.372 e. The third kappa shape index (κ3) is 5.60. The van der Waals surface area contributed by atoms with Crippen molar-refractivity contribution in [3.05, 3.63) is 48.0 Å². The highest BCUT2D eigenvalue weighted by Crippen LogP contribution is 2.15. The summed E-state index contributed by atoms with van der Waals surface area (Å²) in [4.78, 5) is 18.7. The van der Waals surface area contributed by atoms with E-state index in [-0.39, 0.29) is 18.1 Å². The van der Waals surface area contributed by atoms with Crippen LogP contribution in [0.1, 0.15) is 29.8 Å². The fourth-order valence-electron chi connectivity index (χ4n) is 2.87. The summed E-state index contributed by atoms with van der Waals surface area (Å²) in [7, 11) is 1.73. The molecule has 0 spiro atoms. The summed E-state index contributed by atoms with van der Waals surface area (Å²) in [5.74, 6) is 0.779. The van der Waals surface area contributed by atoms with Crippen molar-refractivity contribution in [1.82, 2.24) is 15.5 Å². The highest BCUT2D eigenvalue weighted by atomic mass is 16.5. The van der Waals surface area contributed by atoms with Crippen LogP contribution in [0.4, 0.5) is 0 Å². The van der Waals surface area contributed by atoms with E-state index < -0.39 is 0 Å². The number of aliphatic imine (C=N–C) groups is 1. The van der Waals surface area contributed by atoms with E-state index in [1.54, 1.807) is 13.1 Å². The van der Waals surface area contributed by atoms with E-state index in [4.69, 9.17) is 4.74 Å². The number of carbonyl (C=O) groups is 1. The lowest BCUT2D eigenvalue weighted by Crippen LogP contribution is -2.48. The molecule has 25 heavy (non-hydrogen) atoms. The quantitative estimate of drug-likeness (QED) is 0.485. The molecule has 6 nitrogen and oxygen atoms in total. The number of amides is 1. The Hall–Kier alpha value is -2.34. The summed E-state index contributed by atoms with van der Waals surface area (Å²) in [6, 6.07) is 7.69. The Bertz CT molecular complexity index is 602. The van der Waals surface area contributed by atoms with E-state index in [1.807, 2.05) is 43.0 Å². The lowest BCUT2D eigenvalue weighted by molar-refractivity contribution is -0.0586. The molecule has 1 aromatic rings. The van der Waals surface area contributed by atoms with Gasteiger partial charge in [-0.1, -0.05) is 18.2 Å². The Morgan fingerprint density at radius 3 is 2.48 bits per heavy atom. The molecular weight excluding hydrogens is 316 g/mol. The number of morpholine rings is 1. The van der Waals surface area contributed by atoms with Crippen molar-refractivity contribution in [2.24, 2.45) is 4.99 Å². The maximum absolute atomic E-state index is 12.6. The number of benzene rings is 1. The van der Waals surface area contributed by atoms with Crippen LogP contribution in [0.15, 0.2) is 41.9 Å². The van der Waals surface area contributed by atoms with Gasteiger partial charge >= 0.3 is 0 Å². The zero-order chi connectivity index (χ0) is 18.2. The molecule has 1 aromatic carbocycles. The maximum atomic E-state index is 12.6. The number of nitrogens with one attached hydrogen (secondary N) is 2. The fourth-order valence-corrected chi connectivity index (χ4v) is 2.87. The smallest absolute Gasteiger partial charge is 0.254 e. The molecule has 1 saturated heterocycles. The molecule has 0 aliphatic carbocycles. The van der Waals surface area contributed by atoms with E-state index in [2.05, 4.69) is 22.2 Å². The third-order valence-corrected chi connectivity index (χ3v) is 4.01. The molecule has 1 heterocycles. The minimum atomic E-state index is 0.0602. The predicted octanol–water partition coefficient (Wildman–Crippen LogP) is 1.79. The summed E-state index contributed by atoms with van der Waals surface area (Å²) in [5.41, 5.74) is 1.79. The number of rotatable bonds is 5. The summed E-state index contributed by atoms with van der Waals surface area (Å²) >= 11 is 0. The van der Waals surface area contributed by atoms with Gasteiger partial charge < -0.3 is 20.3 Å². The first-order valence-electron chi connectivity index (χ1n) is 8.62. The van der Waals surface area contributed by atoms with Crippen LogP contribution in [-0.4, -0.2) is 55.7 Å². The van der Waals surface area contributed by atoms with Gasteiger partial charge in [0.25, 0.3) is 5.91 Å². The van der Waals surface area contributed by atoms with E-state index in [0.717, 1.165) is 11.5 Å². The van der Waals surface area contributed by atoms with Crippen molar-refractivity contribution in [1.29, 1.82) is 0 Å². The van der Waals surface area contributed by atoms with E-state index in [9.17, 15) is 4.79 Å². The molecule has 2 atom stereocenters. The van der Waals surface area contributed by atoms with Crippen LogP contribution in [-0.2, 0) is 11.3 Å². The highest BCUT2D eigenvalue weighted by molar-refractivity contribution is 5.94. The molecule has 0 saturated carbocycles. The van der Waals surface area contributed by atoms with Gasteiger partial charge in [-0.15, -0.1) is 6.58 Å². The zero-order valence-corrected chi connectivity index (χ0v) is 15.3. The van der Waals surface area contributed by atoms with Crippen LogP contribution in [0.5, 0.6) is 0 Å². The average Bonchev–Trinajstić information content (AvgIpc) is 2.61. The summed E-state index contributed by atoms with van der Waals surface area (Å²) in [6.45, 7) is 10.2. The lowest BCUT2D eigenvalue weighted by Gasteiger charge is -2.35. The Labute approximate surface area is 150 Å². The van der Waals surface area contributed by atoms with Crippen LogP contribution in [0.3, 0.4) is 0 Å². The monoisotopic (exact) mass is 344 g/mol. The molecule has 0 bridgehead atoms. The Balaban J connectivity index is 1.92. The zero-order valence-electron chi connectivity index (χ0n) is 15.3. The van der Waals surface area contributed by atoms with Gasteiger partial charge in [-0.25, -0.2) is 0 Å². The van der Waals surface area contributed by atoms with Crippen molar-refractivity contribution in [2.75, 3.05) is 26.7 Å². The Kier molecular flexibility index (Phi) is 7.01. The first-order chi connectivity index (χ1) is 12.0. The molecule has 6 heteroatoms. The first kappa shape index (κ1) is 19.0. The van der Waals surface area contributed by atoms with Crippen LogP contribution < -0.4 is 10.6 Å². The second kappa shape index (κ2) is 9.22. The minimum Gasteiger partial charge on any atom is -0.372 e. The molecule has 1 aliphatic heterocycles. The maximum Gasteiger partial charge on any atom is 0.254 e. The Morgan fingerprint density at radius 1 is 1.28 bits per heavy atom. The van der Waals surface area contributed by atoms with Gasteiger partial charge in [0.05, 0.1) is 12.2 Å². The summed E-state index contributed by atoms with van der Waals surface area (Å²) < 4.78 is 5.69. The molecule has 1 fully saturated rings. The van der Waals surface area contributed by atoms with Gasteiger partial charge in [0.1, 0.15) is 0 Å². The van der Waals surface area contributed by atoms with Crippen LogP contribution in [0, 0.1) is 0 Å². The van der Waals surface area contributed by atoms with Gasteiger partial charge in [-0.2, -0.15) is 0 Å². The molecular formula is C19H28N4O2. The minimum absolute atomic E-state index is 0.0602. The van der Waals surface area contributed by atoms with Crippen LogP contribution in [0.2, 0.25) is 0 Å². The molecule has 0 radical (unpaired) electrons. The fraction of sp³-hybridized carbons (Fsp3) is 0.474. The SMILES string of the molecule is C=CCNC(=NC)NCc1ccc(C(=O)N2CC(C)OC(C)C2)cc1. The van der Waals surface area contributed by atoms with E-state index >= 15 is 0 Å². The number of hydrogen-bond acceptors (Lipinski definition) is 3. The van der Waals surface area contributed by atoms with E-state index in [1.165, 1.54) is 0 Å². The number of nitrogens with zero attached hydrogens (tertiary/aromatic N) is 2.